The molecule has 0 saturated carbocycles. The summed E-state index contributed by atoms with van der Waals surface area (Å²) < 4.78 is 6.76. The van der Waals surface area contributed by atoms with Gasteiger partial charge in [0.05, 0.1) is 18.5 Å². The number of thiazole rings is 1. The van der Waals surface area contributed by atoms with E-state index in [1.165, 1.54) is 12.0 Å². The van der Waals surface area contributed by atoms with Gasteiger partial charge in [0.15, 0.2) is 4.96 Å². The van der Waals surface area contributed by atoms with Crippen LogP contribution in [0.15, 0.2) is 6.20 Å². The molecule has 98 valence electrons. The Hall–Kier alpha value is -1.40. The van der Waals surface area contributed by atoms with Gasteiger partial charge in [-0.15, -0.1) is 11.3 Å². The summed E-state index contributed by atoms with van der Waals surface area (Å²) in [6, 6.07) is -0.320. The van der Waals surface area contributed by atoms with Crippen LogP contribution in [0, 0.1) is 13.8 Å². The Morgan fingerprint density at radius 2 is 2.33 bits per heavy atom. The molecule has 5 nitrogen and oxygen atoms in total. The number of hydrogen-bond donors (Lipinski definition) is 1. The minimum Gasteiger partial charge on any atom is -0.468 e. The molecule has 0 bridgehead atoms. The molecule has 2 heterocycles. The maximum Gasteiger partial charge on any atom is 0.322 e. The number of aromatic nitrogens is 2. The summed E-state index contributed by atoms with van der Waals surface area (Å²) in [4.78, 5) is 18.0. The second kappa shape index (κ2) is 5.07. The molecular weight excluding hydrogens is 250 g/mol. The third kappa shape index (κ3) is 2.39. The van der Waals surface area contributed by atoms with Crippen LogP contribution >= 0.6 is 11.3 Å². The van der Waals surface area contributed by atoms with Gasteiger partial charge in [0.1, 0.15) is 6.04 Å². The van der Waals surface area contributed by atoms with Crippen LogP contribution in [0.1, 0.15) is 23.2 Å². The average Bonchev–Trinajstić information content (AvgIpc) is 2.80. The van der Waals surface area contributed by atoms with Crippen molar-refractivity contribution >= 4 is 22.3 Å². The zero-order valence-corrected chi connectivity index (χ0v) is 11.8. The van der Waals surface area contributed by atoms with Crippen molar-refractivity contribution < 1.29 is 9.53 Å². The number of carbonyl (C=O) groups is 1. The minimum absolute atomic E-state index is 0.255. The molecule has 18 heavy (non-hydrogen) atoms. The molecule has 0 fully saturated rings. The van der Waals surface area contributed by atoms with Gasteiger partial charge in [-0.05, 0) is 20.8 Å². The fourth-order valence-corrected chi connectivity index (χ4v) is 2.72. The number of aryl methyl sites for hydroxylation is 2. The maximum absolute atomic E-state index is 11.3. The molecule has 0 aliphatic rings. The predicted octanol–water partition coefficient (Wildman–Crippen LogP) is 1.66. The third-order valence-corrected chi connectivity index (χ3v) is 3.77. The van der Waals surface area contributed by atoms with Crippen molar-refractivity contribution in [2.75, 3.05) is 7.11 Å². The molecule has 0 unspecified atom stereocenters. The number of nitrogens with one attached hydrogen (secondary N) is 1. The van der Waals surface area contributed by atoms with Gasteiger partial charge in [-0.2, -0.15) is 0 Å². The van der Waals surface area contributed by atoms with Gasteiger partial charge in [0.2, 0.25) is 0 Å². The van der Waals surface area contributed by atoms with Crippen molar-refractivity contribution in [1.82, 2.24) is 14.7 Å². The molecule has 0 radical (unpaired) electrons. The second-order valence-corrected chi connectivity index (χ2v) is 5.48. The highest BCUT2D eigenvalue weighted by Gasteiger charge is 2.15. The number of imidazole rings is 1. The normalized spacial score (nSPS) is 12.9. The van der Waals surface area contributed by atoms with Crippen LogP contribution in [0.4, 0.5) is 0 Å². The van der Waals surface area contributed by atoms with E-state index in [0.29, 0.717) is 6.54 Å². The lowest BCUT2D eigenvalue weighted by molar-refractivity contribution is -0.142. The topological polar surface area (TPSA) is 55.6 Å². The minimum atomic E-state index is -0.320. The monoisotopic (exact) mass is 267 g/mol. The molecule has 2 rings (SSSR count). The smallest absolute Gasteiger partial charge is 0.322 e. The largest absolute Gasteiger partial charge is 0.468 e. The summed E-state index contributed by atoms with van der Waals surface area (Å²) in [5, 5.41) is 3.15. The molecule has 2 aromatic rings. The highest BCUT2D eigenvalue weighted by molar-refractivity contribution is 7.17. The molecule has 6 heteroatoms. The number of methoxy groups -OCH3 is 1. The van der Waals surface area contributed by atoms with Crippen LogP contribution in [0.25, 0.3) is 4.96 Å². The summed E-state index contributed by atoms with van der Waals surface area (Å²) in [6.45, 7) is 6.43. The van der Waals surface area contributed by atoms with Crippen molar-refractivity contribution in [2.24, 2.45) is 0 Å². The van der Waals surface area contributed by atoms with Gasteiger partial charge < -0.3 is 4.74 Å². The summed E-state index contributed by atoms with van der Waals surface area (Å²) in [7, 11) is 1.39. The fraction of sp³-hybridized carbons (Fsp3) is 0.500. The first kappa shape index (κ1) is 13.0. The Bertz CT molecular complexity index is 573. The summed E-state index contributed by atoms with van der Waals surface area (Å²) in [5.41, 5.74) is 2.08. The molecule has 0 aliphatic carbocycles. The van der Waals surface area contributed by atoms with E-state index in [1.54, 1.807) is 18.3 Å². The number of nitrogens with zero attached hydrogens (tertiary/aromatic N) is 2. The first-order chi connectivity index (χ1) is 8.52. The number of rotatable bonds is 4. The predicted molar refractivity (Wildman–Crippen MR) is 70.9 cm³/mol. The molecule has 0 spiro atoms. The molecule has 0 aliphatic heterocycles. The van der Waals surface area contributed by atoms with Gasteiger partial charge in [0, 0.05) is 17.6 Å². The third-order valence-electron chi connectivity index (χ3n) is 2.87. The van der Waals surface area contributed by atoms with E-state index in [1.807, 2.05) is 6.92 Å². The zero-order chi connectivity index (χ0) is 13.3. The lowest BCUT2D eigenvalue weighted by Gasteiger charge is -2.11. The van der Waals surface area contributed by atoms with Crippen LogP contribution in [0.5, 0.6) is 0 Å². The van der Waals surface area contributed by atoms with E-state index in [4.69, 9.17) is 0 Å². The molecule has 0 amide bonds. The Kier molecular flexibility index (Phi) is 3.68. The Morgan fingerprint density at radius 3 is 3.00 bits per heavy atom. The standard InChI is InChI=1S/C12H17N3O2S/c1-7-6-15-10(8(2)14-12(15)18-7)5-13-9(3)11(16)17-4/h6,9,13H,5H2,1-4H3/t9-/m0/s1. The number of carbonyl (C=O) groups excluding carboxylic acids is 1. The van der Waals surface area contributed by atoms with Crippen molar-refractivity contribution in [3.63, 3.8) is 0 Å². The summed E-state index contributed by atoms with van der Waals surface area (Å²) in [5.74, 6) is -0.255. The summed E-state index contributed by atoms with van der Waals surface area (Å²) >= 11 is 1.66. The molecule has 1 atom stereocenters. The molecular formula is C12H17N3O2S. The number of hydrogen-bond acceptors (Lipinski definition) is 5. The van der Waals surface area contributed by atoms with Crippen LogP contribution < -0.4 is 5.32 Å². The lowest BCUT2D eigenvalue weighted by Crippen LogP contribution is -2.34. The van der Waals surface area contributed by atoms with Crippen LogP contribution in [0.3, 0.4) is 0 Å². The number of fused-ring (bicyclic) bond motifs is 1. The molecule has 0 aromatic carbocycles. The molecule has 2 aromatic heterocycles. The second-order valence-electron chi connectivity index (χ2n) is 4.26. The van der Waals surface area contributed by atoms with E-state index in [2.05, 4.69) is 32.6 Å². The van der Waals surface area contributed by atoms with Crippen molar-refractivity contribution in [1.29, 1.82) is 0 Å². The molecule has 0 saturated heterocycles. The number of ether oxygens (including phenoxy) is 1. The van der Waals surface area contributed by atoms with Gasteiger partial charge in [-0.1, -0.05) is 0 Å². The van der Waals surface area contributed by atoms with Crippen LogP contribution in [0.2, 0.25) is 0 Å². The highest BCUT2D eigenvalue weighted by atomic mass is 32.1. The number of esters is 1. The quantitative estimate of drug-likeness (QED) is 0.856. The van der Waals surface area contributed by atoms with E-state index in [0.717, 1.165) is 16.3 Å². The lowest BCUT2D eigenvalue weighted by atomic mass is 10.3. The average molecular weight is 267 g/mol. The maximum atomic E-state index is 11.3. The van der Waals surface area contributed by atoms with Gasteiger partial charge >= 0.3 is 5.97 Å². The van der Waals surface area contributed by atoms with Gasteiger partial charge in [-0.25, -0.2) is 4.98 Å². The van der Waals surface area contributed by atoms with Gasteiger partial charge in [0.25, 0.3) is 0 Å². The van der Waals surface area contributed by atoms with E-state index < -0.39 is 0 Å². The van der Waals surface area contributed by atoms with E-state index >= 15 is 0 Å². The summed E-state index contributed by atoms with van der Waals surface area (Å²) in [6.07, 6.45) is 2.07. The first-order valence-corrected chi connectivity index (χ1v) is 6.59. The SMILES string of the molecule is COC(=O)[C@H](C)NCc1c(C)nc2sc(C)cn12. The zero-order valence-electron chi connectivity index (χ0n) is 11.0. The first-order valence-electron chi connectivity index (χ1n) is 5.78. The molecule has 1 N–H and O–H groups in total. The van der Waals surface area contributed by atoms with Gasteiger partial charge in [-0.3, -0.25) is 14.5 Å². The Labute approximate surface area is 110 Å². The van der Waals surface area contributed by atoms with Crippen LogP contribution in [-0.2, 0) is 16.1 Å². The van der Waals surface area contributed by atoms with Crippen molar-refractivity contribution in [3.8, 4) is 0 Å². The van der Waals surface area contributed by atoms with Crippen molar-refractivity contribution in [3.05, 3.63) is 22.5 Å². The fourth-order valence-electron chi connectivity index (χ4n) is 1.83. The Balaban J connectivity index is 2.16. The highest BCUT2D eigenvalue weighted by Crippen LogP contribution is 2.20. The Morgan fingerprint density at radius 1 is 1.61 bits per heavy atom. The van der Waals surface area contributed by atoms with Crippen molar-refractivity contribution in [2.45, 2.75) is 33.4 Å². The van der Waals surface area contributed by atoms with Crippen LogP contribution in [-0.4, -0.2) is 28.5 Å². The van der Waals surface area contributed by atoms with E-state index in [-0.39, 0.29) is 12.0 Å². The van der Waals surface area contributed by atoms with E-state index in [9.17, 15) is 4.79 Å².